The Morgan fingerprint density at radius 2 is 1.83 bits per heavy atom. The van der Waals surface area contributed by atoms with Gasteiger partial charge in [-0.2, -0.15) is 0 Å². The van der Waals surface area contributed by atoms with Gasteiger partial charge in [-0.3, -0.25) is 4.79 Å². The Morgan fingerprint density at radius 3 is 2.35 bits per heavy atom. The molecule has 1 aliphatic heterocycles. The standard InChI is InChI=1S/C18H25NO4/c1-12(20)14-6-5-7-15(16(14)21)13-8-10-19(11-9-13)17(22)23-18(2,3)4/h5-7,13,21H,8-11H2,1-4H3. The van der Waals surface area contributed by atoms with Gasteiger partial charge in [0.2, 0.25) is 0 Å². The normalized spacial score (nSPS) is 16.3. The van der Waals surface area contributed by atoms with E-state index in [-0.39, 0.29) is 23.5 Å². The second-order valence-corrected chi connectivity index (χ2v) is 7.04. The monoisotopic (exact) mass is 319 g/mol. The first kappa shape index (κ1) is 17.3. The minimum absolute atomic E-state index is 0.0794. The van der Waals surface area contributed by atoms with Crippen molar-refractivity contribution in [2.45, 2.75) is 52.1 Å². The molecule has 1 aliphatic rings. The maximum Gasteiger partial charge on any atom is 0.410 e. The Labute approximate surface area is 137 Å². The molecule has 0 atom stereocenters. The number of phenolic OH excluding ortho intramolecular Hbond substituents is 1. The molecule has 0 bridgehead atoms. The summed E-state index contributed by atoms with van der Waals surface area (Å²) < 4.78 is 5.39. The Bertz CT molecular complexity index is 596. The molecule has 0 unspecified atom stereocenters. The summed E-state index contributed by atoms with van der Waals surface area (Å²) in [5, 5.41) is 10.3. The lowest BCUT2D eigenvalue weighted by atomic mass is 9.87. The van der Waals surface area contributed by atoms with E-state index >= 15 is 0 Å². The van der Waals surface area contributed by atoms with Crippen molar-refractivity contribution in [3.8, 4) is 5.75 Å². The van der Waals surface area contributed by atoms with Gasteiger partial charge in [0.25, 0.3) is 0 Å². The Morgan fingerprint density at radius 1 is 1.22 bits per heavy atom. The number of ether oxygens (including phenoxy) is 1. The number of carbonyl (C=O) groups is 2. The summed E-state index contributed by atoms with van der Waals surface area (Å²) in [4.78, 5) is 25.3. The van der Waals surface area contributed by atoms with Crippen LogP contribution < -0.4 is 0 Å². The predicted molar refractivity (Wildman–Crippen MR) is 87.9 cm³/mol. The molecule has 23 heavy (non-hydrogen) atoms. The summed E-state index contributed by atoms with van der Waals surface area (Å²) in [6.07, 6.45) is 1.19. The Kier molecular flexibility index (Phi) is 4.97. The highest BCUT2D eigenvalue weighted by atomic mass is 16.6. The van der Waals surface area contributed by atoms with Crippen molar-refractivity contribution >= 4 is 11.9 Å². The van der Waals surface area contributed by atoms with Crippen molar-refractivity contribution in [1.29, 1.82) is 0 Å². The molecule has 1 aromatic carbocycles. The number of Topliss-reactive ketones (excluding diaryl/α,β-unsaturated/α-hetero) is 1. The highest BCUT2D eigenvalue weighted by molar-refractivity contribution is 5.97. The van der Waals surface area contributed by atoms with Crippen molar-refractivity contribution in [1.82, 2.24) is 4.90 Å². The molecular formula is C18H25NO4. The number of likely N-dealkylation sites (tertiary alicyclic amines) is 1. The molecule has 5 nitrogen and oxygen atoms in total. The van der Waals surface area contributed by atoms with Crippen LogP contribution >= 0.6 is 0 Å². The Hall–Kier alpha value is -2.04. The third-order valence-electron chi connectivity index (χ3n) is 4.03. The zero-order valence-electron chi connectivity index (χ0n) is 14.3. The van der Waals surface area contributed by atoms with E-state index in [9.17, 15) is 14.7 Å². The molecule has 1 aromatic rings. The Balaban J connectivity index is 2.04. The van der Waals surface area contributed by atoms with Gasteiger partial charge >= 0.3 is 6.09 Å². The highest BCUT2D eigenvalue weighted by Gasteiger charge is 2.29. The lowest BCUT2D eigenvalue weighted by molar-refractivity contribution is 0.0204. The zero-order chi connectivity index (χ0) is 17.2. The number of phenols is 1. The fourth-order valence-electron chi connectivity index (χ4n) is 2.87. The molecule has 1 fully saturated rings. The van der Waals surface area contributed by atoms with E-state index in [1.807, 2.05) is 26.8 Å². The quantitative estimate of drug-likeness (QED) is 0.844. The molecule has 2 rings (SSSR count). The average Bonchev–Trinajstić information content (AvgIpc) is 2.45. The molecule has 0 saturated carbocycles. The van der Waals surface area contributed by atoms with Gasteiger partial charge < -0.3 is 14.7 Å². The van der Waals surface area contributed by atoms with Crippen molar-refractivity contribution in [2.24, 2.45) is 0 Å². The number of benzene rings is 1. The van der Waals surface area contributed by atoms with Gasteiger partial charge in [0.15, 0.2) is 5.78 Å². The van der Waals surface area contributed by atoms with Gasteiger partial charge in [-0.1, -0.05) is 12.1 Å². The number of nitrogens with zero attached hydrogens (tertiary/aromatic N) is 1. The summed E-state index contributed by atoms with van der Waals surface area (Å²) in [5.41, 5.74) is 0.653. The molecule has 1 heterocycles. The molecule has 1 N–H and O–H groups in total. The number of hydrogen-bond donors (Lipinski definition) is 1. The summed E-state index contributed by atoms with van der Waals surface area (Å²) in [7, 11) is 0. The molecule has 0 aliphatic carbocycles. The van der Waals surface area contributed by atoms with Crippen LogP contribution in [0.3, 0.4) is 0 Å². The molecule has 126 valence electrons. The summed E-state index contributed by atoms with van der Waals surface area (Å²) in [5.74, 6) is 0.0826. The third kappa shape index (κ3) is 4.24. The zero-order valence-corrected chi connectivity index (χ0v) is 14.3. The highest BCUT2D eigenvalue weighted by Crippen LogP contribution is 2.36. The number of para-hydroxylation sites is 1. The van der Waals surface area contributed by atoms with E-state index in [1.165, 1.54) is 6.92 Å². The van der Waals surface area contributed by atoms with Crippen LogP contribution in [0.5, 0.6) is 5.75 Å². The van der Waals surface area contributed by atoms with Crippen LogP contribution in [0.4, 0.5) is 4.79 Å². The van der Waals surface area contributed by atoms with Crippen LogP contribution in [0, 0.1) is 0 Å². The summed E-state index contributed by atoms with van der Waals surface area (Å²) in [6, 6.07) is 5.29. The number of carbonyl (C=O) groups excluding carboxylic acids is 2. The lowest BCUT2D eigenvalue weighted by Crippen LogP contribution is -2.41. The molecule has 0 radical (unpaired) electrons. The van der Waals surface area contributed by atoms with Crippen LogP contribution in [0.2, 0.25) is 0 Å². The van der Waals surface area contributed by atoms with Gasteiger partial charge in [-0.05, 0) is 58.1 Å². The van der Waals surface area contributed by atoms with E-state index in [1.54, 1.807) is 17.0 Å². The number of amides is 1. The second-order valence-electron chi connectivity index (χ2n) is 7.04. The van der Waals surface area contributed by atoms with Gasteiger partial charge in [0.05, 0.1) is 5.56 Å². The second kappa shape index (κ2) is 6.60. The lowest BCUT2D eigenvalue weighted by Gasteiger charge is -2.33. The maximum atomic E-state index is 12.1. The van der Waals surface area contributed by atoms with E-state index < -0.39 is 5.60 Å². The number of rotatable bonds is 2. The van der Waals surface area contributed by atoms with E-state index in [4.69, 9.17) is 4.74 Å². The van der Waals surface area contributed by atoms with Crippen LogP contribution in [0.15, 0.2) is 18.2 Å². The maximum absolute atomic E-state index is 12.1. The SMILES string of the molecule is CC(=O)c1cccc(C2CCN(C(=O)OC(C)(C)C)CC2)c1O. The molecule has 1 amide bonds. The first-order valence-corrected chi connectivity index (χ1v) is 8.00. The fourth-order valence-corrected chi connectivity index (χ4v) is 2.87. The number of piperidine rings is 1. The van der Waals surface area contributed by atoms with Crippen molar-refractivity contribution < 1.29 is 19.4 Å². The van der Waals surface area contributed by atoms with E-state index in [0.717, 1.165) is 18.4 Å². The van der Waals surface area contributed by atoms with Gasteiger partial charge in [0.1, 0.15) is 11.4 Å². The number of ketones is 1. The molecule has 5 heteroatoms. The largest absolute Gasteiger partial charge is 0.507 e. The van der Waals surface area contributed by atoms with Gasteiger partial charge in [-0.15, -0.1) is 0 Å². The molecule has 0 aromatic heterocycles. The first-order valence-electron chi connectivity index (χ1n) is 8.00. The molecule has 0 spiro atoms. The van der Waals surface area contributed by atoms with Crippen molar-refractivity contribution in [3.63, 3.8) is 0 Å². The smallest absolute Gasteiger partial charge is 0.410 e. The minimum atomic E-state index is -0.498. The number of aromatic hydroxyl groups is 1. The topological polar surface area (TPSA) is 66.8 Å². The average molecular weight is 319 g/mol. The van der Waals surface area contributed by atoms with Gasteiger partial charge in [-0.25, -0.2) is 4.79 Å². The predicted octanol–water partition coefficient (Wildman–Crippen LogP) is 3.71. The van der Waals surface area contributed by atoms with Crippen LogP contribution in [-0.4, -0.2) is 40.6 Å². The van der Waals surface area contributed by atoms with Gasteiger partial charge in [0, 0.05) is 13.1 Å². The van der Waals surface area contributed by atoms with Crippen molar-refractivity contribution in [3.05, 3.63) is 29.3 Å². The van der Waals surface area contributed by atoms with Crippen molar-refractivity contribution in [2.75, 3.05) is 13.1 Å². The number of hydrogen-bond acceptors (Lipinski definition) is 4. The van der Waals surface area contributed by atoms with Crippen LogP contribution in [0.1, 0.15) is 62.4 Å². The van der Waals surface area contributed by atoms with E-state index in [2.05, 4.69) is 0 Å². The first-order chi connectivity index (χ1) is 10.7. The third-order valence-corrected chi connectivity index (χ3v) is 4.03. The fraction of sp³-hybridized carbons (Fsp3) is 0.556. The summed E-state index contributed by atoms with van der Waals surface area (Å²) >= 11 is 0. The van der Waals surface area contributed by atoms with Crippen LogP contribution in [0.25, 0.3) is 0 Å². The van der Waals surface area contributed by atoms with Crippen LogP contribution in [-0.2, 0) is 4.74 Å². The molecular weight excluding hydrogens is 294 g/mol. The summed E-state index contributed by atoms with van der Waals surface area (Å²) in [6.45, 7) is 8.17. The van der Waals surface area contributed by atoms with E-state index in [0.29, 0.717) is 18.7 Å². The molecule has 1 saturated heterocycles. The minimum Gasteiger partial charge on any atom is -0.507 e.